The summed E-state index contributed by atoms with van der Waals surface area (Å²) < 4.78 is 0. The number of hydrogen-bond acceptors (Lipinski definition) is 3. The van der Waals surface area contributed by atoms with Gasteiger partial charge in [0, 0.05) is 5.54 Å². The fourth-order valence-electron chi connectivity index (χ4n) is 1.26. The third-order valence-electron chi connectivity index (χ3n) is 2.50. The van der Waals surface area contributed by atoms with Crippen LogP contribution in [0.3, 0.4) is 0 Å². The van der Waals surface area contributed by atoms with Crippen molar-refractivity contribution < 1.29 is 9.59 Å². The first-order valence-corrected chi connectivity index (χ1v) is 6.01. The van der Waals surface area contributed by atoms with Crippen LogP contribution in [0.2, 0.25) is 0 Å². The number of hydrogen-bond donors (Lipinski definition) is 3. The van der Waals surface area contributed by atoms with Crippen LogP contribution >= 0.6 is 0 Å². The van der Waals surface area contributed by atoms with E-state index in [1.165, 1.54) is 0 Å². The number of nitrogens with two attached hydrogens (primary N) is 1. The Kier molecular flexibility index (Phi) is 6.16. The summed E-state index contributed by atoms with van der Waals surface area (Å²) in [6.45, 7) is 9.52. The smallest absolute Gasteiger partial charge is 0.239 e. The van der Waals surface area contributed by atoms with E-state index in [0.717, 1.165) is 6.42 Å². The third-order valence-corrected chi connectivity index (χ3v) is 2.50. The van der Waals surface area contributed by atoms with E-state index in [0.29, 0.717) is 0 Å². The number of rotatable bonds is 5. The summed E-state index contributed by atoms with van der Waals surface area (Å²) in [5, 5.41) is 5.31. The summed E-state index contributed by atoms with van der Waals surface area (Å²) >= 11 is 0. The Labute approximate surface area is 104 Å². The van der Waals surface area contributed by atoms with Crippen molar-refractivity contribution in [3.8, 4) is 0 Å². The maximum absolute atomic E-state index is 11.6. The predicted molar refractivity (Wildman–Crippen MR) is 68.3 cm³/mol. The van der Waals surface area contributed by atoms with E-state index in [9.17, 15) is 9.59 Å². The second-order valence-electron chi connectivity index (χ2n) is 5.43. The maximum Gasteiger partial charge on any atom is 0.239 e. The van der Waals surface area contributed by atoms with Gasteiger partial charge in [-0.1, -0.05) is 20.3 Å². The van der Waals surface area contributed by atoms with Crippen LogP contribution in [0.5, 0.6) is 0 Å². The molecule has 0 aromatic carbocycles. The van der Waals surface area contributed by atoms with E-state index < -0.39 is 6.04 Å². The highest BCUT2D eigenvalue weighted by molar-refractivity contribution is 5.87. The largest absolute Gasteiger partial charge is 0.350 e. The minimum absolute atomic E-state index is 0.0275. The van der Waals surface area contributed by atoms with Crippen LogP contribution in [0.1, 0.15) is 41.0 Å². The summed E-state index contributed by atoms with van der Waals surface area (Å²) in [6.07, 6.45) is 0.836. The Hall–Kier alpha value is -1.10. The van der Waals surface area contributed by atoms with E-state index >= 15 is 0 Å². The van der Waals surface area contributed by atoms with Gasteiger partial charge in [-0.15, -0.1) is 0 Å². The van der Waals surface area contributed by atoms with Gasteiger partial charge in [0.1, 0.15) is 0 Å². The van der Waals surface area contributed by atoms with Crippen LogP contribution in [0.15, 0.2) is 0 Å². The molecule has 0 radical (unpaired) electrons. The molecule has 0 bridgehead atoms. The van der Waals surface area contributed by atoms with E-state index in [-0.39, 0.29) is 29.8 Å². The van der Waals surface area contributed by atoms with Gasteiger partial charge in [-0.05, 0) is 26.7 Å². The average Bonchev–Trinajstić information content (AvgIpc) is 2.21. The lowest BCUT2D eigenvalue weighted by molar-refractivity contribution is -0.128. The molecule has 0 heterocycles. The fourth-order valence-corrected chi connectivity index (χ4v) is 1.26. The average molecular weight is 243 g/mol. The van der Waals surface area contributed by atoms with E-state index in [1.807, 2.05) is 34.6 Å². The first-order valence-electron chi connectivity index (χ1n) is 6.01. The Morgan fingerprint density at radius 3 is 2.24 bits per heavy atom. The normalized spacial score (nSPS) is 14.9. The number of amides is 2. The minimum atomic E-state index is -0.553. The summed E-state index contributed by atoms with van der Waals surface area (Å²) in [6, 6.07) is -0.553. The molecule has 0 aliphatic carbocycles. The van der Waals surface area contributed by atoms with Crippen molar-refractivity contribution in [3.05, 3.63) is 0 Å². The summed E-state index contributed by atoms with van der Waals surface area (Å²) in [4.78, 5) is 23.1. The van der Waals surface area contributed by atoms with Gasteiger partial charge >= 0.3 is 0 Å². The highest BCUT2D eigenvalue weighted by Gasteiger charge is 2.20. The first kappa shape index (κ1) is 15.9. The highest BCUT2D eigenvalue weighted by Crippen LogP contribution is 2.04. The lowest BCUT2D eigenvalue weighted by Gasteiger charge is -2.21. The molecule has 0 unspecified atom stereocenters. The molecular formula is C12H25N3O2. The van der Waals surface area contributed by atoms with Gasteiger partial charge in [-0.3, -0.25) is 9.59 Å². The van der Waals surface area contributed by atoms with E-state index in [1.54, 1.807) is 0 Å². The molecule has 0 aliphatic rings. The predicted octanol–water partition coefficient (Wildman–Crippen LogP) is 0.391. The zero-order valence-corrected chi connectivity index (χ0v) is 11.5. The molecular weight excluding hydrogens is 218 g/mol. The lowest BCUT2D eigenvalue weighted by Crippen LogP contribution is -2.50. The molecule has 5 heteroatoms. The fraction of sp³-hybridized carbons (Fsp3) is 0.833. The second kappa shape index (κ2) is 6.59. The van der Waals surface area contributed by atoms with Gasteiger partial charge in [0.05, 0.1) is 12.6 Å². The van der Waals surface area contributed by atoms with Crippen molar-refractivity contribution >= 4 is 11.8 Å². The second-order valence-corrected chi connectivity index (χ2v) is 5.43. The molecule has 100 valence electrons. The molecule has 0 aliphatic heterocycles. The van der Waals surface area contributed by atoms with Crippen LogP contribution in [-0.2, 0) is 9.59 Å². The monoisotopic (exact) mass is 243 g/mol. The van der Waals surface area contributed by atoms with Gasteiger partial charge in [0.2, 0.25) is 11.8 Å². The van der Waals surface area contributed by atoms with Crippen molar-refractivity contribution in [1.82, 2.24) is 10.6 Å². The van der Waals surface area contributed by atoms with Gasteiger partial charge < -0.3 is 16.4 Å². The zero-order chi connectivity index (χ0) is 13.6. The Bertz CT molecular complexity index is 271. The van der Waals surface area contributed by atoms with E-state index in [4.69, 9.17) is 5.73 Å². The van der Waals surface area contributed by atoms with Crippen molar-refractivity contribution in [2.75, 3.05) is 6.54 Å². The molecule has 0 spiro atoms. The molecule has 0 rings (SSSR count). The van der Waals surface area contributed by atoms with Gasteiger partial charge in [-0.25, -0.2) is 0 Å². The van der Waals surface area contributed by atoms with Crippen molar-refractivity contribution in [3.63, 3.8) is 0 Å². The van der Waals surface area contributed by atoms with Crippen LogP contribution in [-0.4, -0.2) is 29.9 Å². The minimum Gasteiger partial charge on any atom is -0.350 e. The van der Waals surface area contributed by atoms with Crippen molar-refractivity contribution in [2.45, 2.75) is 52.6 Å². The summed E-state index contributed by atoms with van der Waals surface area (Å²) in [5.74, 6) is -0.369. The molecule has 0 aromatic heterocycles. The van der Waals surface area contributed by atoms with Gasteiger partial charge in [0.15, 0.2) is 0 Å². The molecule has 2 amide bonds. The Morgan fingerprint density at radius 2 is 1.82 bits per heavy atom. The van der Waals surface area contributed by atoms with Crippen LogP contribution < -0.4 is 16.4 Å². The first-order chi connectivity index (χ1) is 7.67. The summed E-state index contributed by atoms with van der Waals surface area (Å²) in [7, 11) is 0. The molecule has 2 atom stereocenters. The highest BCUT2D eigenvalue weighted by atomic mass is 16.2. The van der Waals surface area contributed by atoms with Gasteiger partial charge in [0.25, 0.3) is 0 Å². The molecule has 0 fully saturated rings. The SMILES string of the molecule is CC[C@H](C)[C@H](N)C(=O)NCC(=O)NC(C)(C)C. The molecule has 4 N–H and O–H groups in total. The molecule has 5 nitrogen and oxygen atoms in total. The molecule has 0 saturated carbocycles. The lowest BCUT2D eigenvalue weighted by atomic mass is 9.99. The third kappa shape index (κ3) is 6.94. The Morgan fingerprint density at radius 1 is 1.29 bits per heavy atom. The van der Waals surface area contributed by atoms with Crippen molar-refractivity contribution in [2.24, 2.45) is 11.7 Å². The number of carbonyl (C=O) groups excluding carboxylic acids is 2. The van der Waals surface area contributed by atoms with Crippen molar-refractivity contribution in [1.29, 1.82) is 0 Å². The summed E-state index contributed by atoms with van der Waals surface area (Å²) in [5.41, 5.74) is 5.45. The van der Waals surface area contributed by atoms with Gasteiger partial charge in [-0.2, -0.15) is 0 Å². The topological polar surface area (TPSA) is 84.2 Å². The number of nitrogens with one attached hydrogen (secondary N) is 2. The zero-order valence-electron chi connectivity index (χ0n) is 11.5. The van der Waals surface area contributed by atoms with Crippen LogP contribution in [0.4, 0.5) is 0 Å². The molecule has 17 heavy (non-hydrogen) atoms. The van der Waals surface area contributed by atoms with Crippen LogP contribution in [0.25, 0.3) is 0 Å². The van der Waals surface area contributed by atoms with E-state index in [2.05, 4.69) is 10.6 Å². The standard InChI is InChI=1S/C12H25N3O2/c1-6-8(2)10(13)11(17)14-7-9(16)15-12(3,4)5/h8,10H,6-7,13H2,1-5H3,(H,14,17)(H,15,16)/t8-,10-/m0/s1. The quantitative estimate of drug-likeness (QED) is 0.653. The Balaban J connectivity index is 4.04. The van der Waals surface area contributed by atoms with Crippen LogP contribution in [0, 0.1) is 5.92 Å². The molecule has 0 saturated heterocycles. The number of carbonyl (C=O) groups is 2. The molecule has 0 aromatic rings. The maximum atomic E-state index is 11.6.